The van der Waals surface area contributed by atoms with Gasteiger partial charge in [0, 0.05) is 73.6 Å². The molecule has 9 rings (SSSR count). The van der Waals surface area contributed by atoms with Crippen LogP contribution in [0.2, 0.25) is 0 Å². The first-order valence-electron chi connectivity index (χ1n) is 21.3. The molecule has 1 unspecified atom stereocenters. The van der Waals surface area contributed by atoms with Crippen LogP contribution in [0.3, 0.4) is 0 Å². The summed E-state index contributed by atoms with van der Waals surface area (Å²) in [7, 11) is 0. The van der Waals surface area contributed by atoms with Crippen molar-refractivity contribution in [2.45, 2.75) is 95.0 Å². The number of hydrogen-bond acceptors (Lipinski definition) is 12. The van der Waals surface area contributed by atoms with E-state index in [0.29, 0.717) is 66.3 Å². The highest BCUT2D eigenvalue weighted by molar-refractivity contribution is 6.01. The molecule has 0 saturated carbocycles. The van der Waals surface area contributed by atoms with Crippen LogP contribution in [-0.2, 0) is 28.2 Å². The topological polar surface area (TPSA) is 175 Å². The number of rotatable bonds is 12. The summed E-state index contributed by atoms with van der Waals surface area (Å²) in [5, 5.41) is 24.7. The molecule has 0 radical (unpaired) electrons. The Bertz CT molecular complexity index is 2470. The Hall–Kier alpha value is -6.06. The van der Waals surface area contributed by atoms with Gasteiger partial charge in [0.05, 0.1) is 12.2 Å². The molecular weight excluding hydrogens is 759 g/mol. The summed E-state index contributed by atoms with van der Waals surface area (Å²) < 4.78 is 3.26. The fraction of sp³-hybridized carbons (Fsp3) is 0.422. The number of carbonyl (C=O) groups is 2. The van der Waals surface area contributed by atoms with Crippen molar-refractivity contribution in [2.75, 3.05) is 46.6 Å². The van der Waals surface area contributed by atoms with Crippen LogP contribution in [0.1, 0.15) is 69.5 Å². The predicted molar refractivity (Wildman–Crippen MR) is 233 cm³/mol. The Kier molecular flexibility index (Phi) is 10.9. The number of pyridine rings is 1. The Morgan fingerprint density at radius 2 is 1.62 bits per heavy atom. The van der Waals surface area contributed by atoms with Gasteiger partial charge in [-0.25, -0.2) is 19.3 Å². The number of nitrogens with one attached hydrogen (secondary N) is 4. The molecule has 312 valence electrons. The van der Waals surface area contributed by atoms with Crippen molar-refractivity contribution in [3.63, 3.8) is 0 Å². The number of imide groups is 1. The summed E-state index contributed by atoms with van der Waals surface area (Å²) in [5.74, 6) is 0.404. The second kappa shape index (κ2) is 16.5. The number of anilines is 5. The normalized spacial score (nSPS) is 21.3. The number of allylic oxidation sites excluding steroid dienone is 1. The van der Waals surface area contributed by atoms with E-state index in [1.54, 1.807) is 21.6 Å². The van der Waals surface area contributed by atoms with E-state index < -0.39 is 11.6 Å². The van der Waals surface area contributed by atoms with Crippen LogP contribution < -0.4 is 36.6 Å². The summed E-state index contributed by atoms with van der Waals surface area (Å²) in [6, 6.07) is 21.0. The minimum Gasteiger partial charge on any atom is -0.384 e. The molecule has 0 bridgehead atoms. The zero-order valence-electron chi connectivity index (χ0n) is 34.1. The summed E-state index contributed by atoms with van der Waals surface area (Å²) in [5.41, 5.74) is 4.93. The van der Waals surface area contributed by atoms with E-state index in [0.717, 1.165) is 80.9 Å². The summed E-state index contributed by atoms with van der Waals surface area (Å²) in [6.45, 7) is 9.96. The first-order chi connectivity index (χ1) is 29.2. The summed E-state index contributed by atoms with van der Waals surface area (Å²) in [6.07, 6.45) is 10.3. The van der Waals surface area contributed by atoms with Gasteiger partial charge in [0.25, 0.3) is 5.56 Å². The highest BCUT2D eigenvalue weighted by Crippen LogP contribution is 2.38. The molecule has 0 spiro atoms. The number of amides is 2. The highest BCUT2D eigenvalue weighted by Gasteiger charge is 2.37. The molecule has 1 aliphatic carbocycles. The number of fused-ring (bicyclic) bond motifs is 2. The van der Waals surface area contributed by atoms with E-state index in [4.69, 9.17) is 9.97 Å². The predicted octanol–water partition coefficient (Wildman–Crippen LogP) is 4.90. The molecule has 6 heterocycles. The van der Waals surface area contributed by atoms with Gasteiger partial charge in [-0.3, -0.25) is 19.7 Å². The number of carbonyl (C=O) groups excluding carboxylic acids is 2. The Balaban J connectivity index is 0.790. The number of aryl methyl sites for hydroxylation is 1. The fourth-order valence-corrected chi connectivity index (χ4v) is 9.26. The van der Waals surface area contributed by atoms with Crippen LogP contribution >= 0.6 is 0 Å². The van der Waals surface area contributed by atoms with Gasteiger partial charge in [-0.1, -0.05) is 25.1 Å². The van der Waals surface area contributed by atoms with Crippen molar-refractivity contribution in [1.82, 2.24) is 34.9 Å². The lowest BCUT2D eigenvalue weighted by atomic mass is 9.98. The molecule has 3 fully saturated rings. The van der Waals surface area contributed by atoms with Crippen molar-refractivity contribution < 1.29 is 14.7 Å². The Labute approximate surface area is 348 Å². The maximum absolute atomic E-state index is 13.5. The van der Waals surface area contributed by atoms with E-state index >= 15 is 0 Å². The van der Waals surface area contributed by atoms with Crippen LogP contribution in [0.4, 0.5) is 28.7 Å². The van der Waals surface area contributed by atoms with E-state index in [-0.39, 0.29) is 23.9 Å². The van der Waals surface area contributed by atoms with Gasteiger partial charge in [-0.05, 0) is 105 Å². The number of piperidine rings is 3. The zero-order chi connectivity index (χ0) is 41.4. The van der Waals surface area contributed by atoms with Crippen molar-refractivity contribution in [2.24, 2.45) is 0 Å². The molecule has 5 N–H and O–H groups in total. The first-order valence-corrected chi connectivity index (χ1v) is 21.3. The smallest absolute Gasteiger partial charge is 0.278 e. The average molecular weight is 812 g/mol. The average Bonchev–Trinajstić information content (AvgIpc) is 3.75. The fourth-order valence-electron chi connectivity index (χ4n) is 9.26. The van der Waals surface area contributed by atoms with Crippen LogP contribution in [0.15, 0.2) is 84.3 Å². The van der Waals surface area contributed by atoms with Gasteiger partial charge in [-0.15, -0.1) is 6.58 Å². The first kappa shape index (κ1) is 39.4. The largest absolute Gasteiger partial charge is 0.384 e. The molecule has 2 atom stereocenters. The maximum atomic E-state index is 13.5. The standard InChI is InChI=1S/C45H53N11O4/c1-3-22-55-43(59)36-28-46-44(52-41(36)56(55)38-14-8-29-16-21-45(60,4-2)40(29)50-38)49-30-9-11-34(12-10-30)53-23-17-31(18-24-53)47-32-19-25-54(26-20-32)35-7-5-6-33(27-35)48-37-13-15-39(57)51-42(37)58/h3,5-12,14,27-28,31-32,37,47-48,60H,1,4,13,15-26H2,2H3,(H,46,49,52)(H,51,57,58)/t37?,45-/m1/s1. The molecule has 2 amide bonds. The number of aromatic nitrogens is 5. The van der Waals surface area contributed by atoms with Crippen LogP contribution in [0.25, 0.3) is 16.9 Å². The third-order valence-electron chi connectivity index (χ3n) is 12.7. The Morgan fingerprint density at radius 1 is 0.883 bits per heavy atom. The zero-order valence-corrected chi connectivity index (χ0v) is 34.1. The Morgan fingerprint density at radius 3 is 2.32 bits per heavy atom. The molecule has 3 aliphatic heterocycles. The second-order valence-corrected chi connectivity index (χ2v) is 16.5. The van der Waals surface area contributed by atoms with Crippen molar-refractivity contribution in [3.8, 4) is 5.82 Å². The molecule has 4 aliphatic rings. The third-order valence-corrected chi connectivity index (χ3v) is 12.7. The number of nitrogens with zero attached hydrogens (tertiary/aromatic N) is 7. The highest BCUT2D eigenvalue weighted by atomic mass is 16.3. The van der Waals surface area contributed by atoms with E-state index in [9.17, 15) is 19.5 Å². The van der Waals surface area contributed by atoms with Crippen molar-refractivity contribution in [1.29, 1.82) is 0 Å². The van der Waals surface area contributed by atoms with Gasteiger partial charge in [-0.2, -0.15) is 4.98 Å². The molecule has 15 nitrogen and oxygen atoms in total. The van der Waals surface area contributed by atoms with Gasteiger partial charge < -0.3 is 30.9 Å². The lowest BCUT2D eigenvalue weighted by molar-refractivity contribution is -0.133. The van der Waals surface area contributed by atoms with Gasteiger partial charge >= 0.3 is 0 Å². The van der Waals surface area contributed by atoms with E-state index in [1.165, 1.54) is 5.69 Å². The molecule has 2 aromatic carbocycles. The minimum absolute atomic E-state index is 0.207. The molecule has 5 aromatic rings. The summed E-state index contributed by atoms with van der Waals surface area (Å²) >= 11 is 0. The van der Waals surface area contributed by atoms with Crippen LogP contribution in [0.5, 0.6) is 0 Å². The molecule has 60 heavy (non-hydrogen) atoms. The monoisotopic (exact) mass is 811 g/mol. The second-order valence-electron chi connectivity index (χ2n) is 16.5. The van der Waals surface area contributed by atoms with E-state index in [2.05, 4.69) is 66.9 Å². The lowest BCUT2D eigenvalue weighted by Gasteiger charge is -2.39. The quantitative estimate of drug-likeness (QED) is 0.0854. The maximum Gasteiger partial charge on any atom is 0.278 e. The molecular formula is C45H53N11O4. The van der Waals surface area contributed by atoms with Gasteiger partial charge in [0.1, 0.15) is 17.0 Å². The van der Waals surface area contributed by atoms with E-state index in [1.807, 2.05) is 43.3 Å². The number of benzene rings is 2. The van der Waals surface area contributed by atoms with Crippen molar-refractivity contribution in [3.05, 3.63) is 101 Å². The molecule has 3 aromatic heterocycles. The minimum atomic E-state index is -0.990. The van der Waals surface area contributed by atoms with Gasteiger partial charge in [0.15, 0.2) is 11.5 Å². The molecule has 15 heteroatoms. The number of hydrogen-bond donors (Lipinski definition) is 5. The third kappa shape index (κ3) is 7.86. The number of aliphatic hydroxyl groups is 1. The van der Waals surface area contributed by atoms with Crippen LogP contribution in [0, 0.1) is 0 Å². The van der Waals surface area contributed by atoms with Gasteiger partial charge in [0.2, 0.25) is 17.8 Å². The van der Waals surface area contributed by atoms with Crippen LogP contribution in [-0.4, -0.2) is 85.5 Å². The lowest BCUT2D eigenvalue weighted by Crippen LogP contribution is -2.50. The van der Waals surface area contributed by atoms with Crippen molar-refractivity contribution >= 4 is 51.5 Å². The summed E-state index contributed by atoms with van der Waals surface area (Å²) in [4.78, 5) is 56.4. The SMILES string of the molecule is C=CCn1c(=O)c2cnc(Nc3ccc(N4CCC(NC5CCN(c6cccc(NC7CCC(=O)NC7=O)c6)CC5)CC4)cc3)nc2n1-c1ccc2c(n1)[C@@](O)(CC)CC2. The molecule has 3 saturated heterocycles.